The summed E-state index contributed by atoms with van der Waals surface area (Å²) in [4.78, 5) is 35.4. The van der Waals surface area contributed by atoms with Gasteiger partial charge in [0.1, 0.15) is 17.1 Å². The van der Waals surface area contributed by atoms with Crippen molar-refractivity contribution >= 4 is 23.1 Å². The van der Waals surface area contributed by atoms with Crippen molar-refractivity contribution in [1.82, 2.24) is 19.2 Å². The zero-order valence-electron chi connectivity index (χ0n) is 24.4. The van der Waals surface area contributed by atoms with Crippen molar-refractivity contribution in [3.8, 4) is 5.75 Å². The highest BCUT2D eigenvalue weighted by Gasteiger charge is 2.46. The number of aliphatic hydroxyl groups excluding tert-OH is 1. The molecule has 0 spiro atoms. The largest absolute Gasteiger partial charge is 0.505 e. The predicted molar refractivity (Wildman–Crippen MR) is 158 cm³/mol. The van der Waals surface area contributed by atoms with E-state index in [0.29, 0.717) is 36.7 Å². The average Bonchev–Trinajstić information content (AvgIpc) is 3.43. The molecule has 1 aromatic carbocycles. The second-order valence-corrected chi connectivity index (χ2v) is 10.4. The molecule has 40 heavy (non-hydrogen) atoms. The lowest BCUT2D eigenvalue weighted by molar-refractivity contribution is -0.140. The fourth-order valence-corrected chi connectivity index (χ4v) is 5.39. The Labute approximate surface area is 237 Å². The summed E-state index contributed by atoms with van der Waals surface area (Å²) < 4.78 is 7.81. The number of likely N-dealkylation sites (tertiary alicyclic amines) is 1. The molecule has 1 aliphatic rings. The third-order valence-corrected chi connectivity index (χ3v) is 7.86. The van der Waals surface area contributed by atoms with Gasteiger partial charge in [-0.05, 0) is 62.7 Å². The van der Waals surface area contributed by atoms with Crippen molar-refractivity contribution in [2.24, 2.45) is 0 Å². The van der Waals surface area contributed by atoms with E-state index < -0.39 is 17.7 Å². The van der Waals surface area contributed by atoms with Gasteiger partial charge in [-0.3, -0.25) is 9.59 Å². The number of nitrogens with zero attached hydrogens (tertiary/aromatic N) is 4. The molecule has 0 saturated carbocycles. The van der Waals surface area contributed by atoms with Gasteiger partial charge in [-0.2, -0.15) is 0 Å². The second-order valence-electron chi connectivity index (χ2n) is 10.4. The zero-order chi connectivity index (χ0) is 28.8. The van der Waals surface area contributed by atoms with Crippen molar-refractivity contribution in [3.63, 3.8) is 0 Å². The minimum Gasteiger partial charge on any atom is -0.505 e. The number of fused-ring (bicyclic) bond motifs is 1. The van der Waals surface area contributed by atoms with Gasteiger partial charge < -0.3 is 24.0 Å². The summed E-state index contributed by atoms with van der Waals surface area (Å²) in [5.74, 6) is -0.795. The van der Waals surface area contributed by atoms with E-state index in [1.807, 2.05) is 60.8 Å². The summed E-state index contributed by atoms with van der Waals surface area (Å²) >= 11 is 0. The van der Waals surface area contributed by atoms with E-state index in [2.05, 4.69) is 30.7 Å². The topological polar surface area (TPSA) is 87.4 Å². The monoisotopic (exact) mass is 546 g/mol. The van der Waals surface area contributed by atoms with Crippen molar-refractivity contribution in [2.45, 2.75) is 66.3 Å². The number of aryl methyl sites for hydroxylation is 2. The van der Waals surface area contributed by atoms with Gasteiger partial charge in [-0.15, -0.1) is 0 Å². The lowest BCUT2D eigenvalue weighted by atomic mass is 9.96. The van der Waals surface area contributed by atoms with Crippen LogP contribution < -0.4 is 4.74 Å². The molecule has 214 valence electrons. The molecule has 8 heteroatoms. The van der Waals surface area contributed by atoms with Crippen LogP contribution in [0.5, 0.6) is 5.75 Å². The molecular formula is C32H42N4O4. The molecule has 1 N–H and O–H groups in total. The standard InChI is InChI=1S/C32H42N4O4/c1-6-9-10-11-21-40-25-16-14-24(15-17-25)28-26(30(38)32(39)36(28)20-19-34(7-2)8-3)29(37)27-23(5)35-18-12-13-22(4)31(35)33-27/h12-18,28,37H,6-11,19-21H2,1-5H3/b29-26+. The number of carbonyl (C=O) groups is 2. The number of amides is 1. The summed E-state index contributed by atoms with van der Waals surface area (Å²) in [6.07, 6.45) is 6.38. The van der Waals surface area contributed by atoms with Crippen molar-refractivity contribution in [2.75, 3.05) is 32.8 Å². The zero-order valence-corrected chi connectivity index (χ0v) is 24.4. The number of aliphatic hydroxyl groups is 1. The maximum Gasteiger partial charge on any atom is 0.295 e. The van der Waals surface area contributed by atoms with E-state index in [0.717, 1.165) is 42.8 Å². The van der Waals surface area contributed by atoms with E-state index in [1.54, 1.807) is 4.90 Å². The minimum atomic E-state index is -0.723. The number of ketones is 1. The smallest absolute Gasteiger partial charge is 0.295 e. The van der Waals surface area contributed by atoms with Gasteiger partial charge in [0.05, 0.1) is 23.9 Å². The van der Waals surface area contributed by atoms with Crippen LogP contribution >= 0.6 is 0 Å². The first kappa shape index (κ1) is 29.3. The molecule has 1 unspecified atom stereocenters. The Hall–Kier alpha value is -3.65. The van der Waals surface area contributed by atoms with Crippen LogP contribution in [-0.4, -0.2) is 68.8 Å². The van der Waals surface area contributed by atoms with Crippen LogP contribution in [0.3, 0.4) is 0 Å². The Bertz CT molecular complexity index is 1370. The Balaban J connectivity index is 1.73. The minimum absolute atomic E-state index is 0.0712. The van der Waals surface area contributed by atoms with Gasteiger partial charge in [0, 0.05) is 19.3 Å². The Morgan fingerprint density at radius 1 is 1.02 bits per heavy atom. The third kappa shape index (κ3) is 5.92. The van der Waals surface area contributed by atoms with Gasteiger partial charge in [-0.1, -0.05) is 58.2 Å². The first-order valence-corrected chi connectivity index (χ1v) is 14.5. The number of likely N-dealkylation sites (N-methyl/N-ethyl adjacent to an activating group) is 1. The van der Waals surface area contributed by atoms with E-state index >= 15 is 0 Å². The molecule has 1 fully saturated rings. The van der Waals surface area contributed by atoms with Crippen LogP contribution in [0.2, 0.25) is 0 Å². The number of carbonyl (C=O) groups excluding carboxylic acids is 2. The van der Waals surface area contributed by atoms with E-state index in [1.165, 1.54) is 12.8 Å². The number of benzene rings is 1. The van der Waals surface area contributed by atoms with Crippen molar-refractivity contribution in [3.05, 3.63) is 70.7 Å². The number of Topliss-reactive ketones (excluding diaryl/α,β-unsaturated/α-hetero) is 1. The maximum absolute atomic E-state index is 13.5. The van der Waals surface area contributed by atoms with E-state index in [4.69, 9.17) is 4.74 Å². The SMILES string of the molecule is CCCCCCOc1ccc(C2/C(=C(\O)c3nc4c(C)cccn4c3C)C(=O)C(=O)N2CCN(CC)CC)cc1. The van der Waals surface area contributed by atoms with Crippen LogP contribution in [0.1, 0.15) is 75.0 Å². The fourth-order valence-electron chi connectivity index (χ4n) is 5.39. The normalized spacial score (nSPS) is 16.9. The predicted octanol–water partition coefficient (Wildman–Crippen LogP) is 5.67. The van der Waals surface area contributed by atoms with E-state index in [-0.39, 0.29) is 11.3 Å². The van der Waals surface area contributed by atoms with Crippen molar-refractivity contribution in [1.29, 1.82) is 0 Å². The number of pyridine rings is 1. The lowest BCUT2D eigenvalue weighted by Gasteiger charge is -2.28. The number of unbranched alkanes of at least 4 members (excludes halogenated alkanes) is 3. The molecule has 1 amide bonds. The number of ether oxygens (including phenoxy) is 1. The highest BCUT2D eigenvalue weighted by Crippen LogP contribution is 2.40. The number of hydrogen-bond donors (Lipinski definition) is 1. The molecule has 3 heterocycles. The van der Waals surface area contributed by atoms with Gasteiger partial charge in [-0.25, -0.2) is 4.98 Å². The third-order valence-electron chi connectivity index (χ3n) is 7.86. The number of imidazole rings is 1. The summed E-state index contributed by atoms with van der Waals surface area (Å²) in [7, 11) is 0. The molecule has 0 radical (unpaired) electrons. The summed E-state index contributed by atoms with van der Waals surface area (Å²) in [6.45, 7) is 13.5. The average molecular weight is 547 g/mol. The maximum atomic E-state index is 13.5. The molecule has 8 nitrogen and oxygen atoms in total. The molecule has 1 atom stereocenters. The molecule has 4 rings (SSSR count). The van der Waals surface area contributed by atoms with Gasteiger partial charge in [0.15, 0.2) is 5.76 Å². The Kier molecular flexibility index (Phi) is 9.63. The quantitative estimate of drug-likeness (QED) is 0.129. The van der Waals surface area contributed by atoms with Crippen LogP contribution in [0.25, 0.3) is 11.4 Å². The molecular weight excluding hydrogens is 504 g/mol. The van der Waals surface area contributed by atoms with Crippen LogP contribution in [0, 0.1) is 13.8 Å². The summed E-state index contributed by atoms with van der Waals surface area (Å²) in [5.41, 5.74) is 3.49. The van der Waals surface area contributed by atoms with Crippen LogP contribution in [0.4, 0.5) is 0 Å². The fraction of sp³-hybridized carbons (Fsp3) is 0.469. The first-order valence-electron chi connectivity index (χ1n) is 14.5. The van der Waals surface area contributed by atoms with Crippen LogP contribution in [0.15, 0.2) is 48.2 Å². The first-order chi connectivity index (χ1) is 19.3. The highest BCUT2D eigenvalue weighted by atomic mass is 16.5. The molecule has 1 saturated heterocycles. The molecule has 0 bridgehead atoms. The lowest BCUT2D eigenvalue weighted by Crippen LogP contribution is -2.38. The Morgan fingerprint density at radius 2 is 1.75 bits per heavy atom. The summed E-state index contributed by atoms with van der Waals surface area (Å²) in [6, 6.07) is 10.7. The number of rotatable bonds is 13. The second kappa shape index (κ2) is 13.1. The van der Waals surface area contributed by atoms with Gasteiger partial charge in [0.25, 0.3) is 11.7 Å². The van der Waals surface area contributed by atoms with Crippen LogP contribution in [-0.2, 0) is 9.59 Å². The van der Waals surface area contributed by atoms with Gasteiger partial charge >= 0.3 is 0 Å². The number of hydrogen-bond acceptors (Lipinski definition) is 6. The molecule has 1 aliphatic heterocycles. The number of aromatic nitrogens is 2. The highest BCUT2D eigenvalue weighted by molar-refractivity contribution is 6.46. The van der Waals surface area contributed by atoms with Gasteiger partial charge in [0.2, 0.25) is 0 Å². The molecule has 2 aromatic heterocycles. The summed E-state index contributed by atoms with van der Waals surface area (Å²) in [5, 5.41) is 11.6. The Morgan fingerprint density at radius 3 is 2.40 bits per heavy atom. The molecule has 3 aromatic rings. The molecule has 0 aliphatic carbocycles. The van der Waals surface area contributed by atoms with E-state index in [9.17, 15) is 14.7 Å². The van der Waals surface area contributed by atoms with Crippen molar-refractivity contribution < 1.29 is 19.4 Å².